The molecule has 2 atom stereocenters. The lowest BCUT2D eigenvalue weighted by Gasteiger charge is -2.40. The van der Waals surface area contributed by atoms with Crippen molar-refractivity contribution in [3.05, 3.63) is 205 Å². The summed E-state index contributed by atoms with van der Waals surface area (Å²) in [6.45, 7) is 0. The molecular weight excluding hydrogens is 729 g/mol. The van der Waals surface area contributed by atoms with Crippen LogP contribution in [0.5, 0.6) is 0 Å². The Balaban J connectivity index is 1.24. The van der Waals surface area contributed by atoms with Crippen LogP contribution in [0.25, 0.3) is 66.0 Å². The van der Waals surface area contributed by atoms with Gasteiger partial charge in [-0.1, -0.05) is 163 Å². The zero-order chi connectivity index (χ0) is 38.6. The molecule has 2 aromatic heterocycles. The lowest BCUT2D eigenvalue weighted by molar-refractivity contribution is 0.109. The Bertz CT molecular complexity index is 3140. The number of aliphatic imine (C=N–C) groups is 1. The van der Waals surface area contributed by atoms with Crippen LogP contribution in [0.3, 0.4) is 0 Å². The first-order valence-electron chi connectivity index (χ1n) is 19.7. The third-order valence-corrected chi connectivity index (χ3v) is 12.4. The van der Waals surface area contributed by atoms with Gasteiger partial charge < -0.3 is 14.3 Å². The zero-order valence-corrected chi connectivity index (χ0v) is 32.6. The Hall–Kier alpha value is -6.86. The standard InChI is InChI=1S/C52H38N4OS/c1-55-51(36-22-10-4-11-23-36)53-50(35-20-8-3-9-21-35)54-52(55)56-45-30-43-40-28-16-17-29-47(40)57-48(43)32-41(45)42-33-49(58-37-24-12-5-13-25-37)44(31-46(42)56)39-27-15-14-26-38(39)34-18-6-2-7-19-34/h2-33,51-52H,1H3,(H,53,54). The van der Waals surface area contributed by atoms with Gasteiger partial charge in [-0.15, -0.1) is 0 Å². The molecule has 0 amide bonds. The molecule has 2 unspecified atom stereocenters. The van der Waals surface area contributed by atoms with E-state index in [1.165, 1.54) is 37.6 Å². The van der Waals surface area contributed by atoms with Crippen molar-refractivity contribution in [3.8, 4) is 22.3 Å². The molecule has 0 fully saturated rings. The second kappa shape index (κ2) is 14.3. The first kappa shape index (κ1) is 34.4. The third kappa shape index (κ3) is 5.88. The highest BCUT2D eigenvalue weighted by Gasteiger charge is 2.34. The number of amidine groups is 1. The zero-order valence-electron chi connectivity index (χ0n) is 31.8. The molecule has 0 aliphatic carbocycles. The lowest BCUT2D eigenvalue weighted by Crippen LogP contribution is -2.47. The maximum absolute atomic E-state index is 6.56. The van der Waals surface area contributed by atoms with E-state index in [-0.39, 0.29) is 6.17 Å². The molecule has 1 N–H and O–H groups in total. The Labute approximate surface area is 340 Å². The van der Waals surface area contributed by atoms with Crippen LogP contribution in [0, 0.1) is 0 Å². The van der Waals surface area contributed by atoms with E-state index in [4.69, 9.17) is 9.41 Å². The molecular formula is C52H38N4OS. The summed E-state index contributed by atoms with van der Waals surface area (Å²) in [7, 11) is 2.18. The molecule has 6 heteroatoms. The molecule has 0 radical (unpaired) electrons. The Kier molecular flexibility index (Phi) is 8.46. The van der Waals surface area contributed by atoms with Gasteiger partial charge in [0.15, 0.2) is 6.29 Å². The molecule has 58 heavy (non-hydrogen) atoms. The van der Waals surface area contributed by atoms with Crippen LogP contribution in [0.15, 0.2) is 213 Å². The molecule has 5 nitrogen and oxygen atoms in total. The number of rotatable bonds is 7. The van der Waals surface area contributed by atoms with E-state index in [9.17, 15) is 0 Å². The maximum atomic E-state index is 6.56. The van der Waals surface area contributed by atoms with E-state index < -0.39 is 6.29 Å². The van der Waals surface area contributed by atoms with Gasteiger partial charge >= 0.3 is 0 Å². The summed E-state index contributed by atoms with van der Waals surface area (Å²) >= 11 is 1.80. The van der Waals surface area contributed by atoms with E-state index in [2.05, 4.69) is 210 Å². The van der Waals surface area contributed by atoms with Gasteiger partial charge in [0.05, 0.1) is 11.0 Å². The summed E-state index contributed by atoms with van der Waals surface area (Å²) in [6.07, 6.45) is -0.543. The highest BCUT2D eigenvalue weighted by Crippen LogP contribution is 2.47. The van der Waals surface area contributed by atoms with Crippen molar-refractivity contribution in [2.24, 2.45) is 4.99 Å². The number of hydrogen-bond acceptors (Lipinski definition) is 5. The highest BCUT2D eigenvalue weighted by atomic mass is 32.2. The highest BCUT2D eigenvalue weighted by molar-refractivity contribution is 7.99. The number of nitrogens with one attached hydrogen (secondary N) is 1. The number of benzene rings is 8. The van der Waals surface area contributed by atoms with Gasteiger partial charge in [-0.05, 0) is 77.3 Å². The minimum absolute atomic E-state index is 0.143. The summed E-state index contributed by atoms with van der Waals surface area (Å²) < 4.78 is 9.01. The Morgan fingerprint density at radius 2 is 1.12 bits per heavy atom. The predicted octanol–water partition coefficient (Wildman–Crippen LogP) is 13.3. The largest absolute Gasteiger partial charge is 0.456 e. The third-order valence-electron chi connectivity index (χ3n) is 11.4. The van der Waals surface area contributed by atoms with Crippen molar-refractivity contribution in [2.45, 2.75) is 22.2 Å². The van der Waals surface area contributed by atoms with E-state index in [1.54, 1.807) is 11.8 Å². The summed E-state index contributed by atoms with van der Waals surface area (Å²) in [5, 5.41) is 8.28. The molecule has 0 spiro atoms. The normalized spacial score (nSPS) is 15.9. The van der Waals surface area contributed by atoms with Crippen LogP contribution < -0.4 is 5.32 Å². The molecule has 8 aromatic carbocycles. The monoisotopic (exact) mass is 766 g/mol. The van der Waals surface area contributed by atoms with Gasteiger partial charge in [0.2, 0.25) is 0 Å². The van der Waals surface area contributed by atoms with E-state index >= 15 is 0 Å². The molecule has 11 rings (SSSR count). The SMILES string of the molecule is CN1C(c2ccccc2)NC(c2ccccc2)=NC1n1c2cc(-c3ccccc3-c3ccccc3)c(Sc3ccccc3)cc2c2cc3oc4ccccc4c3cc21. The van der Waals surface area contributed by atoms with Crippen molar-refractivity contribution in [1.82, 2.24) is 14.8 Å². The minimum Gasteiger partial charge on any atom is -0.456 e. The van der Waals surface area contributed by atoms with Crippen molar-refractivity contribution >= 4 is 61.3 Å². The van der Waals surface area contributed by atoms with Crippen molar-refractivity contribution < 1.29 is 4.42 Å². The number of furan rings is 1. The first-order valence-corrected chi connectivity index (χ1v) is 20.5. The topological polar surface area (TPSA) is 45.7 Å². The molecule has 10 aromatic rings. The van der Waals surface area contributed by atoms with E-state index in [0.29, 0.717) is 0 Å². The number of para-hydroxylation sites is 1. The summed E-state index contributed by atoms with van der Waals surface area (Å²) in [5.74, 6) is 0.855. The molecule has 278 valence electrons. The number of hydrogen-bond donors (Lipinski definition) is 1. The summed E-state index contributed by atoms with van der Waals surface area (Å²) in [4.78, 5) is 10.3. The fourth-order valence-corrected chi connectivity index (χ4v) is 9.59. The van der Waals surface area contributed by atoms with Gasteiger partial charge in [-0.25, -0.2) is 9.89 Å². The fourth-order valence-electron chi connectivity index (χ4n) is 8.59. The Morgan fingerprint density at radius 1 is 0.517 bits per heavy atom. The van der Waals surface area contributed by atoms with Crippen molar-refractivity contribution in [1.29, 1.82) is 0 Å². The van der Waals surface area contributed by atoms with Crippen LogP contribution in [0.4, 0.5) is 0 Å². The fraction of sp³-hybridized carbons (Fsp3) is 0.0577. The van der Waals surface area contributed by atoms with E-state index in [0.717, 1.165) is 55.1 Å². The first-order chi connectivity index (χ1) is 28.7. The van der Waals surface area contributed by atoms with Gasteiger partial charge in [0.1, 0.15) is 23.2 Å². The average molecular weight is 767 g/mol. The van der Waals surface area contributed by atoms with Gasteiger partial charge in [0, 0.05) is 36.9 Å². The second-order valence-corrected chi connectivity index (χ2v) is 16.0. The number of aromatic nitrogens is 1. The van der Waals surface area contributed by atoms with Crippen LogP contribution in [-0.2, 0) is 0 Å². The van der Waals surface area contributed by atoms with Crippen LogP contribution in [0.1, 0.15) is 23.6 Å². The van der Waals surface area contributed by atoms with Crippen LogP contribution in [-0.4, -0.2) is 22.4 Å². The van der Waals surface area contributed by atoms with Gasteiger partial charge in [0.25, 0.3) is 0 Å². The predicted molar refractivity (Wildman–Crippen MR) is 240 cm³/mol. The molecule has 1 aliphatic rings. The maximum Gasteiger partial charge on any atom is 0.186 e. The number of fused-ring (bicyclic) bond motifs is 6. The van der Waals surface area contributed by atoms with Gasteiger partial charge in [-0.3, -0.25) is 0 Å². The number of nitrogens with zero attached hydrogens (tertiary/aromatic N) is 3. The molecule has 0 saturated carbocycles. The summed E-state index contributed by atoms with van der Waals surface area (Å²) in [6, 6.07) is 69.0. The van der Waals surface area contributed by atoms with Crippen LogP contribution in [0.2, 0.25) is 0 Å². The molecule has 0 saturated heterocycles. The van der Waals surface area contributed by atoms with Crippen LogP contribution >= 0.6 is 11.8 Å². The van der Waals surface area contributed by atoms with Crippen molar-refractivity contribution in [2.75, 3.05) is 7.05 Å². The quantitative estimate of drug-likeness (QED) is 0.175. The lowest BCUT2D eigenvalue weighted by atomic mass is 9.94. The molecule has 3 heterocycles. The average Bonchev–Trinajstić information content (AvgIpc) is 3.80. The Morgan fingerprint density at radius 3 is 1.88 bits per heavy atom. The smallest absolute Gasteiger partial charge is 0.186 e. The summed E-state index contributed by atoms with van der Waals surface area (Å²) in [5.41, 5.74) is 10.9. The molecule has 1 aliphatic heterocycles. The van der Waals surface area contributed by atoms with E-state index in [1.807, 2.05) is 6.07 Å². The minimum atomic E-state index is -0.401. The van der Waals surface area contributed by atoms with Crippen molar-refractivity contribution in [3.63, 3.8) is 0 Å². The molecule has 0 bridgehead atoms. The second-order valence-electron chi connectivity index (χ2n) is 14.8. The van der Waals surface area contributed by atoms with Gasteiger partial charge in [-0.2, -0.15) is 0 Å².